The van der Waals surface area contributed by atoms with Crippen molar-refractivity contribution in [3.05, 3.63) is 35.9 Å². The van der Waals surface area contributed by atoms with E-state index in [-0.39, 0.29) is 11.9 Å². The van der Waals surface area contributed by atoms with Gasteiger partial charge < -0.3 is 10.6 Å². The third kappa shape index (κ3) is 2.65. The fraction of sp³-hybridized carbons (Fsp3) is 0.533. The highest BCUT2D eigenvalue weighted by molar-refractivity contribution is 5.84. The SMILES string of the molecule is NC1CCN(C2CCN(Cc3ccccc3)C2)C1=O. The van der Waals surface area contributed by atoms with E-state index in [1.54, 1.807) is 0 Å². The molecule has 2 saturated heterocycles. The molecule has 2 heterocycles. The van der Waals surface area contributed by atoms with Crippen LogP contribution in [0.4, 0.5) is 0 Å². The molecule has 2 unspecified atom stereocenters. The van der Waals surface area contributed by atoms with Gasteiger partial charge in [-0.25, -0.2) is 0 Å². The summed E-state index contributed by atoms with van der Waals surface area (Å²) < 4.78 is 0. The van der Waals surface area contributed by atoms with Crippen molar-refractivity contribution >= 4 is 5.91 Å². The lowest BCUT2D eigenvalue weighted by molar-refractivity contribution is -0.130. The van der Waals surface area contributed by atoms with Gasteiger partial charge >= 0.3 is 0 Å². The molecular weight excluding hydrogens is 238 g/mol. The fourth-order valence-electron chi connectivity index (χ4n) is 3.14. The van der Waals surface area contributed by atoms with E-state index in [0.29, 0.717) is 6.04 Å². The van der Waals surface area contributed by atoms with Crippen molar-refractivity contribution in [1.29, 1.82) is 0 Å². The number of hydrogen-bond donors (Lipinski definition) is 1. The molecule has 0 aliphatic carbocycles. The largest absolute Gasteiger partial charge is 0.337 e. The minimum absolute atomic E-state index is 0.145. The molecule has 0 radical (unpaired) electrons. The molecule has 3 rings (SSSR count). The summed E-state index contributed by atoms with van der Waals surface area (Å²) in [5.41, 5.74) is 7.13. The fourth-order valence-corrected chi connectivity index (χ4v) is 3.14. The van der Waals surface area contributed by atoms with Crippen LogP contribution in [0.2, 0.25) is 0 Å². The Labute approximate surface area is 114 Å². The molecule has 0 bridgehead atoms. The van der Waals surface area contributed by atoms with E-state index in [9.17, 15) is 4.79 Å². The molecule has 2 N–H and O–H groups in total. The molecule has 1 aromatic carbocycles. The van der Waals surface area contributed by atoms with Gasteiger partial charge in [-0.15, -0.1) is 0 Å². The molecule has 1 amide bonds. The summed E-state index contributed by atoms with van der Waals surface area (Å²) in [6.45, 7) is 3.86. The van der Waals surface area contributed by atoms with Gasteiger partial charge in [0, 0.05) is 32.2 Å². The molecule has 4 nitrogen and oxygen atoms in total. The third-order valence-electron chi connectivity index (χ3n) is 4.22. The number of nitrogens with two attached hydrogens (primary N) is 1. The van der Waals surface area contributed by atoms with Gasteiger partial charge in [-0.3, -0.25) is 9.69 Å². The van der Waals surface area contributed by atoms with Crippen molar-refractivity contribution < 1.29 is 4.79 Å². The molecule has 0 saturated carbocycles. The highest BCUT2D eigenvalue weighted by Gasteiger charge is 2.36. The lowest BCUT2D eigenvalue weighted by Crippen LogP contribution is -2.42. The van der Waals surface area contributed by atoms with Gasteiger partial charge in [-0.1, -0.05) is 30.3 Å². The van der Waals surface area contributed by atoms with Crippen molar-refractivity contribution in [2.75, 3.05) is 19.6 Å². The normalized spacial score (nSPS) is 28.3. The van der Waals surface area contributed by atoms with Gasteiger partial charge in [0.15, 0.2) is 0 Å². The maximum Gasteiger partial charge on any atom is 0.239 e. The molecule has 0 spiro atoms. The van der Waals surface area contributed by atoms with Crippen molar-refractivity contribution in [2.45, 2.75) is 31.5 Å². The monoisotopic (exact) mass is 259 g/mol. The second-order valence-electron chi connectivity index (χ2n) is 5.59. The summed E-state index contributed by atoms with van der Waals surface area (Å²) >= 11 is 0. The predicted octanol–water partition coefficient (Wildman–Crippen LogP) is 0.820. The lowest BCUT2D eigenvalue weighted by atomic mass is 10.2. The lowest BCUT2D eigenvalue weighted by Gasteiger charge is -2.24. The maximum absolute atomic E-state index is 11.9. The molecule has 2 aliphatic rings. The molecule has 102 valence electrons. The van der Waals surface area contributed by atoms with Crippen LogP contribution in [0.3, 0.4) is 0 Å². The van der Waals surface area contributed by atoms with E-state index >= 15 is 0 Å². The highest BCUT2D eigenvalue weighted by Crippen LogP contribution is 2.22. The van der Waals surface area contributed by atoms with E-state index in [1.807, 2.05) is 11.0 Å². The first-order valence-corrected chi connectivity index (χ1v) is 7.06. The summed E-state index contributed by atoms with van der Waals surface area (Å²) in [4.78, 5) is 16.4. The zero-order valence-corrected chi connectivity index (χ0v) is 11.2. The second-order valence-corrected chi connectivity index (χ2v) is 5.59. The first-order chi connectivity index (χ1) is 9.24. The first kappa shape index (κ1) is 12.6. The molecule has 4 heteroatoms. The molecule has 0 aromatic heterocycles. The topological polar surface area (TPSA) is 49.6 Å². The Balaban J connectivity index is 1.57. The molecular formula is C15H21N3O. The zero-order chi connectivity index (χ0) is 13.2. The Morgan fingerprint density at radius 2 is 1.95 bits per heavy atom. The van der Waals surface area contributed by atoms with Crippen LogP contribution < -0.4 is 5.73 Å². The van der Waals surface area contributed by atoms with Gasteiger partial charge in [0.05, 0.1) is 6.04 Å². The Bertz CT molecular complexity index is 448. The molecule has 2 aliphatic heterocycles. The highest BCUT2D eigenvalue weighted by atomic mass is 16.2. The van der Waals surface area contributed by atoms with Crippen LogP contribution in [0.15, 0.2) is 30.3 Å². The van der Waals surface area contributed by atoms with Crippen LogP contribution in [0.1, 0.15) is 18.4 Å². The Morgan fingerprint density at radius 3 is 2.63 bits per heavy atom. The van der Waals surface area contributed by atoms with Gasteiger partial charge in [-0.2, -0.15) is 0 Å². The molecule has 19 heavy (non-hydrogen) atoms. The van der Waals surface area contributed by atoms with E-state index < -0.39 is 0 Å². The number of carbonyl (C=O) groups is 1. The summed E-state index contributed by atoms with van der Waals surface area (Å²) in [6.07, 6.45) is 1.89. The molecule has 2 fully saturated rings. The number of amides is 1. The van der Waals surface area contributed by atoms with Crippen LogP contribution in [0.5, 0.6) is 0 Å². The predicted molar refractivity (Wildman–Crippen MR) is 74.4 cm³/mol. The number of benzene rings is 1. The van der Waals surface area contributed by atoms with Crippen LogP contribution in [-0.4, -0.2) is 47.4 Å². The van der Waals surface area contributed by atoms with Crippen LogP contribution in [0.25, 0.3) is 0 Å². The van der Waals surface area contributed by atoms with Crippen LogP contribution >= 0.6 is 0 Å². The quantitative estimate of drug-likeness (QED) is 0.874. The zero-order valence-electron chi connectivity index (χ0n) is 11.2. The number of hydrogen-bond acceptors (Lipinski definition) is 3. The van der Waals surface area contributed by atoms with Crippen LogP contribution in [-0.2, 0) is 11.3 Å². The summed E-state index contributed by atoms with van der Waals surface area (Å²) in [5, 5.41) is 0. The average molecular weight is 259 g/mol. The van der Waals surface area contributed by atoms with Gasteiger partial charge in [0.2, 0.25) is 5.91 Å². The van der Waals surface area contributed by atoms with Crippen LogP contribution in [0, 0.1) is 0 Å². The van der Waals surface area contributed by atoms with Crippen molar-refractivity contribution in [1.82, 2.24) is 9.80 Å². The number of nitrogens with zero attached hydrogens (tertiary/aromatic N) is 2. The van der Waals surface area contributed by atoms with Gasteiger partial charge in [0.1, 0.15) is 0 Å². The number of likely N-dealkylation sites (tertiary alicyclic amines) is 2. The molecule has 2 atom stereocenters. The summed E-state index contributed by atoms with van der Waals surface area (Å²) in [5.74, 6) is 0.145. The van der Waals surface area contributed by atoms with Gasteiger partial charge in [0.25, 0.3) is 0 Å². The Morgan fingerprint density at radius 1 is 1.16 bits per heavy atom. The van der Waals surface area contributed by atoms with Crippen molar-refractivity contribution in [3.63, 3.8) is 0 Å². The van der Waals surface area contributed by atoms with Crippen molar-refractivity contribution in [3.8, 4) is 0 Å². The standard InChI is InChI=1S/C15H21N3O/c16-14-7-9-18(15(14)19)13-6-8-17(11-13)10-12-4-2-1-3-5-12/h1-5,13-14H,6-11,16H2. The Kier molecular flexibility index (Phi) is 3.53. The molecule has 1 aromatic rings. The van der Waals surface area contributed by atoms with Gasteiger partial charge in [-0.05, 0) is 18.4 Å². The maximum atomic E-state index is 11.9. The summed E-state index contributed by atoms with van der Waals surface area (Å²) in [7, 11) is 0. The van der Waals surface area contributed by atoms with E-state index in [0.717, 1.165) is 39.0 Å². The first-order valence-electron chi connectivity index (χ1n) is 7.06. The number of rotatable bonds is 3. The summed E-state index contributed by atoms with van der Waals surface area (Å²) in [6, 6.07) is 10.6. The minimum atomic E-state index is -0.261. The third-order valence-corrected chi connectivity index (χ3v) is 4.22. The Hall–Kier alpha value is -1.39. The smallest absolute Gasteiger partial charge is 0.239 e. The average Bonchev–Trinajstić information content (AvgIpc) is 3.00. The minimum Gasteiger partial charge on any atom is -0.337 e. The number of carbonyl (C=O) groups excluding carboxylic acids is 1. The van der Waals surface area contributed by atoms with Crippen molar-refractivity contribution in [2.24, 2.45) is 5.73 Å². The van der Waals surface area contributed by atoms with E-state index in [4.69, 9.17) is 5.73 Å². The van der Waals surface area contributed by atoms with E-state index in [1.165, 1.54) is 5.56 Å². The van der Waals surface area contributed by atoms with E-state index in [2.05, 4.69) is 29.2 Å². The second kappa shape index (κ2) is 5.31.